The van der Waals surface area contributed by atoms with E-state index in [4.69, 9.17) is 16.3 Å². The number of ether oxygens (including phenoxy) is 1. The van der Waals surface area contributed by atoms with Crippen LogP contribution < -0.4 is 20.3 Å². The molecule has 1 aromatic rings. The zero-order chi connectivity index (χ0) is 16.2. The van der Waals surface area contributed by atoms with Crippen molar-refractivity contribution in [1.29, 1.82) is 0 Å². The van der Waals surface area contributed by atoms with Crippen LogP contribution in [0.3, 0.4) is 0 Å². The van der Waals surface area contributed by atoms with Crippen molar-refractivity contribution < 1.29 is 4.74 Å². The van der Waals surface area contributed by atoms with E-state index in [9.17, 15) is 0 Å². The van der Waals surface area contributed by atoms with E-state index in [1.54, 1.807) is 7.11 Å². The summed E-state index contributed by atoms with van der Waals surface area (Å²) in [6.45, 7) is 2.92. The standard InChI is InChI=1S/C17H25ClN4O/c1-19-17(20-10-12-3-4-12)21-14-7-8-22(11-14)15-9-13(18)5-6-16(15)23-2/h5-6,9,12,14H,3-4,7-8,10-11H2,1-2H3,(H2,19,20,21). The molecule has 1 aliphatic carbocycles. The Morgan fingerprint density at radius 2 is 2.22 bits per heavy atom. The average Bonchev–Trinajstić information content (AvgIpc) is 3.28. The Balaban J connectivity index is 1.58. The monoisotopic (exact) mass is 336 g/mol. The van der Waals surface area contributed by atoms with Crippen LogP contribution in [0.25, 0.3) is 0 Å². The second-order valence-corrected chi connectivity index (χ2v) is 6.73. The van der Waals surface area contributed by atoms with Gasteiger partial charge in [0.1, 0.15) is 5.75 Å². The average molecular weight is 337 g/mol. The van der Waals surface area contributed by atoms with Gasteiger partial charge in [-0.2, -0.15) is 0 Å². The number of aliphatic imine (C=N–C) groups is 1. The van der Waals surface area contributed by atoms with Gasteiger partial charge < -0.3 is 20.3 Å². The number of halogens is 1. The van der Waals surface area contributed by atoms with Gasteiger partial charge in [-0.25, -0.2) is 0 Å². The summed E-state index contributed by atoms with van der Waals surface area (Å²) >= 11 is 6.15. The van der Waals surface area contributed by atoms with Crippen molar-refractivity contribution in [1.82, 2.24) is 10.6 Å². The number of guanidine groups is 1. The van der Waals surface area contributed by atoms with Gasteiger partial charge in [0.25, 0.3) is 0 Å². The Morgan fingerprint density at radius 3 is 2.91 bits per heavy atom. The quantitative estimate of drug-likeness (QED) is 0.640. The van der Waals surface area contributed by atoms with Crippen molar-refractivity contribution in [2.45, 2.75) is 25.3 Å². The van der Waals surface area contributed by atoms with Gasteiger partial charge in [-0.05, 0) is 43.4 Å². The highest BCUT2D eigenvalue weighted by Crippen LogP contribution is 2.33. The highest BCUT2D eigenvalue weighted by atomic mass is 35.5. The highest BCUT2D eigenvalue weighted by molar-refractivity contribution is 6.30. The molecule has 23 heavy (non-hydrogen) atoms. The first kappa shape index (κ1) is 16.2. The number of benzene rings is 1. The summed E-state index contributed by atoms with van der Waals surface area (Å²) in [5.41, 5.74) is 1.06. The van der Waals surface area contributed by atoms with Crippen LogP contribution in [0.2, 0.25) is 5.02 Å². The van der Waals surface area contributed by atoms with E-state index in [0.29, 0.717) is 6.04 Å². The molecule has 2 N–H and O–H groups in total. The summed E-state index contributed by atoms with van der Waals surface area (Å²) in [5, 5.41) is 7.68. The van der Waals surface area contributed by atoms with E-state index in [1.165, 1.54) is 12.8 Å². The van der Waals surface area contributed by atoms with Gasteiger partial charge in [0.15, 0.2) is 5.96 Å². The van der Waals surface area contributed by atoms with Gasteiger partial charge in [-0.3, -0.25) is 4.99 Å². The minimum Gasteiger partial charge on any atom is -0.495 e. The number of nitrogens with zero attached hydrogens (tertiary/aromatic N) is 2. The highest BCUT2D eigenvalue weighted by Gasteiger charge is 2.26. The Hall–Kier alpha value is -1.62. The maximum Gasteiger partial charge on any atom is 0.191 e. The van der Waals surface area contributed by atoms with Crippen LogP contribution in [0.4, 0.5) is 5.69 Å². The molecule has 3 rings (SSSR count). The van der Waals surface area contributed by atoms with E-state index in [0.717, 1.165) is 54.4 Å². The minimum atomic E-state index is 0.379. The summed E-state index contributed by atoms with van der Waals surface area (Å²) in [6, 6.07) is 6.14. The van der Waals surface area contributed by atoms with Gasteiger partial charge in [0.2, 0.25) is 0 Å². The van der Waals surface area contributed by atoms with E-state index in [1.807, 2.05) is 25.2 Å². The van der Waals surface area contributed by atoms with Crippen LogP contribution >= 0.6 is 11.6 Å². The summed E-state index contributed by atoms with van der Waals surface area (Å²) < 4.78 is 5.47. The third-order valence-corrected chi connectivity index (χ3v) is 4.72. The van der Waals surface area contributed by atoms with Crippen molar-refractivity contribution in [3.63, 3.8) is 0 Å². The predicted octanol–water partition coefficient (Wildman–Crippen LogP) is 2.50. The SMILES string of the molecule is CN=C(NCC1CC1)NC1CCN(c2cc(Cl)ccc2OC)C1. The van der Waals surface area contributed by atoms with Crippen LogP contribution in [0, 0.1) is 5.92 Å². The minimum absolute atomic E-state index is 0.379. The summed E-state index contributed by atoms with van der Waals surface area (Å²) in [6.07, 6.45) is 3.76. The van der Waals surface area contributed by atoms with Crippen LogP contribution in [0.1, 0.15) is 19.3 Å². The molecule has 1 aromatic carbocycles. The smallest absolute Gasteiger partial charge is 0.191 e. The maximum atomic E-state index is 6.15. The number of rotatable bonds is 5. The second kappa shape index (κ2) is 7.30. The van der Waals surface area contributed by atoms with Crippen molar-refractivity contribution in [2.24, 2.45) is 10.9 Å². The fraction of sp³-hybridized carbons (Fsp3) is 0.588. The lowest BCUT2D eigenvalue weighted by atomic mass is 10.2. The molecule has 1 saturated carbocycles. The van der Waals surface area contributed by atoms with E-state index in [-0.39, 0.29) is 0 Å². The van der Waals surface area contributed by atoms with Gasteiger partial charge in [0.05, 0.1) is 12.8 Å². The van der Waals surface area contributed by atoms with E-state index in [2.05, 4.69) is 20.5 Å². The van der Waals surface area contributed by atoms with Crippen LogP contribution in [-0.4, -0.2) is 45.8 Å². The van der Waals surface area contributed by atoms with E-state index < -0.39 is 0 Å². The van der Waals surface area contributed by atoms with Crippen molar-refractivity contribution in [3.8, 4) is 5.75 Å². The molecule has 126 valence electrons. The number of anilines is 1. The molecular weight excluding hydrogens is 312 g/mol. The lowest BCUT2D eigenvalue weighted by Gasteiger charge is -2.22. The third kappa shape index (κ3) is 4.22. The molecule has 0 radical (unpaired) electrons. The lowest BCUT2D eigenvalue weighted by molar-refractivity contribution is 0.415. The summed E-state index contributed by atoms with van der Waals surface area (Å²) in [4.78, 5) is 6.64. The van der Waals surface area contributed by atoms with Crippen molar-refractivity contribution in [3.05, 3.63) is 23.2 Å². The number of hydrogen-bond donors (Lipinski definition) is 2. The fourth-order valence-electron chi connectivity index (χ4n) is 2.96. The lowest BCUT2D eigenvalue weighted by Crippen LogP contribution is -2.45. The van der Waals surface area contributed by atoms with Gasteiger partial charge in [-0.15, -0.1) is 0 Å². The first-order valence-electron chi connectivity index (χ1n) is 8.25. The molecule has 1 heterocycles. The molecule has 2 aliphatic rings. The normalized spacial score (nSPS) is 21.4. The molecule has 1 saturated heterocycles. The first-order chi connectivity index (χ1) is 11.2. The Kier molecular flexibility index (Phi) is 5.16. The van der Waals surface area contributed by atoms with Crippen LogP contribution in [0.5, 0.6) is 5.75 Å². The van der Waals surface area contributed by atoms with Gasteiger partial charge in [0, 0.05) is 37.7 Å². The molecule has 2 fully saturated rings. The number of methoxy groups -OCH3 is 1. The molecule has 0 spiro atoms. The largest absolute Gasteiger partial charge is 0.495 e. The molecule has 1 aliphatic heterocycles. The molecule has 5 nitrogen and oxygen atoms in total. The molecule has 0 amide bonds. The number of hydrogen-bond acceptors (Lipinski definition) is 3. The molecule has 1 atom stereocenters. The predicted molar refractivity (Wildman–Crippen MR) is 95.8 cm³/mol. The van der Waals surface area contributed by atoms with Crippen LogP contribution in [0.15, 0.2) is 23.2 Å². The van der Waals surface area contributed by atoms with Crippen molar-refractivity contribution >= 4 is 23.2 Å². The molecule has 0 aromatic heterocycles. The Bertz CT molecular complexity index is 574. The number of nitrogens with one attached hydrogen (secondary N) is 2. The maximum absolute atomic E-state index is 6.15. The molecule has 0 bridgehead atoms. The van der Waals surface area contributed by atoms with Gasteiger partial charge in [-0.1, -0.05) is 11.6 Å². The van der Waals surface area contributed by atoms with E-state index >= 15 is 0 Å². The Labute approximate surface area is 143 Å². The van der Waals surface area contributed by atoms with Gasteiger partial charge >= 0.3 is 0 Å². The summed E-state index contributed by atoms with van der Waals surface area (Å²) in [7, 11) is 3.52. The fourth-order valence-corrected chi connectivity index (χ4v) is 3.12. The first-order valence-corrected chi connectivity index (χ1v) is 8.63. The summed E-state index contributed by atoms with van der Waals surface area (Å²) in [5.74, 6) is 2.61. The second-order valence-electron chi connectivity index (χ2n) is 6.29. The molecule has 1 unspecified atom stereocenters. The Morgan fingerprint density at radius 1 is 1.39 bits per heavy atom. The molecular formula is C17H25ClN4O. The van der Waals surface area contributed by atoms with Crippen molar-refractivity contribution in [2.75, 3.05) is 38.7 Å². The molecule has 6 heteroatoms. The van der Waals surface area contributed by atoms with Crippen LogP contribution in [-0.2, 0) is 0 Å². The zero-order valence-electron chi connectivity index (χ0n) is 13.8. The third-order valence-electron chi connectivity index (χ3n) is 4.49. The topological polar surface area (TPSA) is 48.9 Å². The zero-order valence-corrected chi connectivity index (χ0v) is 14.6.